The first kappa shape index (κ1) is 14.6. The lowest BCUT2D eigenvalue weighted by atomic mass is 10.2. The second-order valence-corrected chi connectivity index (χ2v) is 4.19. The van der Waals surface area contributed by atoms with Crippen LogP contribution in [0.2, 0.25) is 0 Å². The number of benzene rings is 1. The van der Waals surface area contributed by atoms with Crippen LogP contribution in [0.25, 0.3) is 0 Å². The van der Waals surface area contributed by atoms with E-state index in [1.165, 1.54) is 12.3 Å². The maximum Gasteiger partial charge on any atom is 0.287 e. The van der Waals surface area contributed by atoms with Gasteiger partial charge in [0.05, 0.1) is 19.1 Å². The third-order valence-electron chi connectivity index (χ3n) is 2.91. The van der Waals surface area contributed by atoms with E-state index in [-0.39, 0.29) is 5.69 Å². The number of nitrogens with zero attached hydrogens (tertiary/aromatic N) is 2. The van der Waals surface area contributed by atoms with E-state index in [4.69, 9.17) is 9.47 Å². The zero-order valence-electron chi connectivity index (χ0n) is 11.7. The first-order valence-electron chi connectivity index (χ1n) is 6.19. The monoisotopic (exact) mass is 289 g/mol. The quantitative estimate of drug-likeness (QED) is 0.649. The molecule has 2 aromatic rings. The van der Waals surface area contributed by atoms with Crippen LogP contribution < -0.4 is 14.8 Å². The number of methoxy groups -OCH3 is 2. The Kier molecular flexibility index (Phi) is 4.55. The van der Waals surface area contributed by atoms with Crippen LogP contribution in [0, 0.1) is 10.1 Å². The summed E-state index contributed by atoms with van der Waals surface area (Å²) in [5, 5.41) is 13.6. The van der Waals surface area contributed by atoms with Crippen LogP contribution in [0.4, 0.5) is 11.5 Å². The largest absolute Gasteiger partial charge is 0.497 e. The van der Waals surface area contributed by atoms with Crippen LogP contribution in [-0.4, -0.2) is 24.1 Å². The van der Waals surface area contributed by atoms with Crippen molar-refractivity contribution >= 4 is 11.5 Å². The summed E-state index contributed by atoms with van der Waals surface area (Å²) < 4.78 is 10.4. The van der Waals surface area contributed by atoms with Gasteiger partial charge in [-0.15, -0.1) is 0 Å². The average molecular weight is 289 g/mol. The molecule has 0 spiro atoms. The van der Waals surface area contributed by atoms with Gasteiger partial charge >= 0.3 is 0 Å². The molecular weight excluding hydrogens is 274 g/mol. The van der Waals surface area contributed by atoms with Gasteiger partial charge in [0.1, 0.15) is 23.5 Å². The molecule has 0 aliphatic carbocycles. The van der Waals surface area contributed by atoms with Crippen LogP contribution in [0.3, 0.4) is 0 Å². The molecular formula is C14H15N3O4. The van der Waals surface area contributed by atoms with Crippen molar-refractivity contribution < 1.29 is 14.4 Å². The number of pyridine rings is 1. The van der Waals surface area contributed by atoms with Gasteiger partial charge in [0.2, 0.25) is 0 Å². The molecule has 7 heteroatoms. The summed E-state index contributed by atoms with van der Waals surface area (Å²) >= 11 is 0. The Morgan fingerprint density at radius 1 is 1.24 bits per heavy atom. The van der Waals surface area contributed by atoms with E-state index < -0.39 is 4.92 Å². The summed E-state index contributed by atoms with van der Waals surface area (Å²) in [5.74, 6) is 1.96. The van der Waals surface area contributed by atoms with Crippen molar-refractivity contribution in [2.75, 3.05) is 19.5 Å². The molecule has 110 valence electrons. The first-order valence-corrected chi connectivity index (χ1v) is 6.19. The molecule has 0 atom stereocenters. The number of anilines is 1. The smallest absolute Gasteiger partial charge is 0.287 e. The van der Waals surface area contributed by atoms with E-state index >= 15 is 0 Å². The Labute approximate surface area is 121 Å². The molecule has 0 radical (unpaired) electrons. The lowest BCUT2D eigenvalue weighted by Crippen LogP contribution is -2.03. The minimum atomic E-state index is -0.483. The average Bonchev–Trinajstić information content (AvgIpc) is 2.53. The summed E-state index contributed by atoms with van der Waals surface area (Å²) in [6.45, 7) is 0.484. The van der Waals surface area contributed by atoms with Gasteiger partial charge in [-0.05, 0) is 18.2 Å². The van der Waals surface area contributed by atoms with Crippen LogP contribution in [0.1, 0.15) is 5.56 Å². The van der Waals surface area contributed by atoms with Gasteiger partial charge in [-0.1, -0.05) is 0 Å². The molecule has 1 N–H and O–H groups in total. The second kappa shape index (κ2) is 6.56. The summed E-state index contributed by atoms with van der Waals surface area (Å²) in [7, 11) is 3.18. The predicted octanol–water partition coefficient (Wildman–Crippen LogP) is 2.62. The van der Waals surface area contributed by atoms with E-state index in [1.807, 2.05) is 12.1 Å². The topological polar surface area (TPSA) is 86.5 Å². The Morgan fingerprint density at radius 2 is 2.05 bits per heavy atom. The van der Waals surface area contributed by atoms with Gasteiger partial charge in [-0.2, -0.15) is 0 Å². The lowest BCUT2D eigenvalue weighted by Gasteiger charge is -2.11. The molecule has 0 amide bonds. The number of hydrogen-bond donors (Lipinski definition) is 1. The second-order valence-electron chi connectivity index (χ2n) is 4.19. The third-order valence-corrected chi connectivity index (χ3v) is 2.91. The maximum absolute atomic E-state index is 10.6. The Balaban J connectivity index is 2.07. The van der Waals surface area contributed by atoms with Gasteiger partial charge in [-0.3, -0.25) is 10.1 Å². The molecule has 1 aromatic carbocycles. The van der Waals surface area contributed by atoms with Crippen LogP contribution in [0.15, 0.2) is 36.5 Å². The SMILES string of the molecule is COc1ccc(CNc2ccc([N+](=O)[O-])cn2)c(OC)c1. The number of nitrogens with one attached hydrogen (secondary N) is 1. The first-order chi connectivity index (χ1) is 10.1. The van der Waals surface area contributed by atoms with Crippen LogP contribution in [0.5, 0.6) is 11.5 Å². The molecule has 0 aliphatic heterocycles. The van der Waals surface area contributed by atoms with Crippen molar-refractivity contribution in [3.05, 3.63) is 52.2 Å². The molecule has 1 heterocycles. The Bertz CT molecular complexity index is 629. The van der Waals surface area contributed by atoms with Gasteiger partial charge < -0.3 is 14.8 Å². The fourth-order valence-corrected chi connectivity index (χ4v) is 1.78. The van der Waals surface area contributed by atoms with Crippen molar-refractivity contribution in [3.8, 4) is 11.5 Å². The minimum absolute atomic E-state index is 0.0393. The van der Waals surface area contributed by atoms with Crippen molar-refractivity contribution in [1.29, 1.82) is 0 Å². The molecule has 0 bridgehead atoms. The maximum atomic E-state index is 10.6. The molecule has 21 heavy (non-hydrogen) atoms. The Morgan fingerprint density at radius 3 is 2.62 bits per heavy atom. The van der Waals surface area contributed by atoms with E-state index in [2.05, 4.69) is 10.3 Å². The zero-order valence-corrected chi connectivity index (χ0v) is 11.7. The standard InChI is InChI=1S/C14H15N3O4/c1-20-12-5-3-10(13(7-12)21-2)8-15-14-6-4-11(9-16-14)17(18)19/h3-7,9H,8H2,1-2H3,(H,15,16). The number of nitro groups is 1. The Hall–Kier alpha value is -2.83. The highest BCUT2D eigenvalue weighted by atomic mass is 16.6. The van der Waals surface area contributed by atoms with Crippen LogP contribution in [-0.2, 0) is 6.54 Å². The normalized spacial score (nSPS) is 10.0. The van der Waals surface area contributed by atoms with E-state index in [1.54, 1.807) is 26.4 Å². The van der Waals surface area contributed by atoms with Gasteiger partial charge in [0.15, 0.2) is 0 Å². The van der Waals surface area contributed by atoms with E-state index in [0.717, 1.165) is 5.56 Å². The van der Waals surface area contributed by atoms with Gasteiger partial charge in [-0.25, -0.2) is 4.98 Å². The molecule has 0 saturated carbocycles. The van der Waals surface area contributed by atoms with Crippen molar-refractivity contribution in [2.24, 2.45) is 0 Å². The molecule has 1 aromatic heterocycles. The third kappa shape index (κ3) is 3.59. The molecule has 0 fully saturated rings. The number of aromatic nitrogens is 1. The fourth-order valence-electron chi connectivity index (χ4n) is 1.78. The van der Waals surface area contributed by atoms with Crippen LogP contribution >= 0.6 is 0 Å². The summed E-state index contributed by atoms with van der Waals surface area (Å²) in [4.78, 5) is 14.1. The zero-order chi connectivity index (χ0) is 15.2. The highest BCUT2D eigenvalue weighted by Gasteiger charge is 2.07. The highest BCUT2D eigenvalue weighted by molar-refractivity contribution is 5.45. The van der Waals surface area contributed by atoms with Crippen molar-refractivity contribution in [1.82, 2.24) is 4.98 Å². The molecule has 0 saturated heterocycles. The van der Waals surface area contributed by atoms with E-state index in [9.17, 15) is 10.1 Å². The summed E-state index contributed by atoms with van der Waals surface area (Å²) in [6, 6.07) is 8.48. The minimum Gasteiger partial charge on any atom is -0.497 e. The molecule has 0 aliphatic rings. The summed E-state index contributed by atoms with van der Waals surface area (Å²) in [6.07, 6.45) is 1.22. The number of hydrogen-bond acceptors (Lipinski definition) is 6. The predicted molar refractivity (Wildman–Crippen MR) is 77.8 cm³/mol. The lowest BCUT2D eigenvalue weighted by molar-refractivity contribution is -0.385. The molecule has 7 nitrogen and oxygen atoms in total. The fraction of sp³-hybridized carbons (Fsp3) is 0.214. The van der Waals surface area contributed by atoms with Crippen molar-refractivity contribution in [3.63, 3.8) is 0 Å². The van der Waals surface area contributed by atoms with Gasteiger partial charge in [0, 0.05) is 24.2 Å². The van der Waals surface area contributed by atoms with E-state index in [0.29, 0.717) is 23.9 Å². The molecule has 2 rings (SSSR count). The summed E-state index contributed by atoms with van der Waals surface area (Å²) in [5.41, 5.74) is 0.890. The van der Waals surface area contributed by atoms with Gasteiger partial charge in [0.25, 0.3) is 5.69 Å². The van der Waals surface area contributed by atoms with Crippen molar-refractivity contribution in [2.45, 2.75) is 6.54 Å². The number of rotatable bonds is 6. The number of ether oxygens (including phenoxy) is 2. The highest BCUT2D eigenvalue weighted by Crippen LogP contribution is 2.25. The molecule has 0 unspecified atom stereocenters.